The van der Waals surface area contributed by atoms with Crippen molar-refractivity contribution in [2.45, 2.75) is 43.7 Å². The molecule has 27 heavy (non-hydrogen) atoms. The quantitative estimate of drug-likeness (QED) is 0.794. The van der Waals surface area contributed by atoms with Gasteiger partial charge in [-0.05, 0) is 12.8 Å². The number of ether oxygens (including phenoxy) is 1. The fraction of sp³-hybridized carbons (Fsp3) is 0.588. The van der Waals surface area contributed by atoms with Crippen LogP contribution in [0.4, 0.5) is 5.82 Å². The molecule has 1 aliphatic rings. The van der Waals surface area contributed by atoms with Gasteiger partial charge in [-0.25, -0.2) is 23.4 Å². The number of aromatic nitrogens is 4. The van der Waals surface area contributed by atoms with Crippen LogP contribution in [0.25, 0.3) is 0 Å². The molecule has 1 fully saturated rings. The molecule has 0 bridgehead atoms. The lowest BCUT2D eigenvalue weighted by Crippen LogP contribution is -2.42. The molecule has 10 heteroatoms. The lowest BCUT2D eigenvalue weighted by molar-refractivity contribution is 0.328. The van der Waals surface area contributed by atoms with Crippen LogP contribution in [-0.4, -0.2) is 58.5 Å². The van der Waals surface area contributed by atoms with E-state index in [1.165, 1.54) is 10.6 Å². The van der Waals surface area contributed by atoms with Crippen LogP contribution in [-0.2, 0) is 17.1 Å². The molecule has 0 aromatic carbocycles. The first-order chi connectivity index (χ1) is 12.8. The third-order valence-electron chi connectivity index (χ3n) is 4.67. The van der Waals surface area contributed by atoms with Gasteiger partial charge in [-0.15, -0.1) is 0 Å². The Hall–Kier alpha value is -2.20. The maximum Gasteiger partial charge on any atom is 0.262 e. The van der Waals surface area contributed by atoms with Gasteiger partial charge in [0.2, 0.25) is 5.88 Å². The minimum atomic E-state index is -3.58. The molecule has 0 atom stereocenters. The molecule has 0 aliphatic carbocycles. The van der Waals surface area contributed by atoms with E-state index in [9.17, 15) is 8.42 Å². The largest absolute Gasteiger partial charge is 0.481 e. The van der Waals surface area contributed by atoms with Gasteiger partial charge >= 0.3 is 0 Å². The van der Waals surface area contributed by atoms with Gasteiger partial charge in [0, 0.05) is 44.4 Å². The number of methoxy groups -OCH3 is 1. The van der Waals surface area contributed by atoms with E-state index in [2.05, 4.69) is 20.3 Å². The normalized spacial score (nSPS) is 16.6. The SMILES string of the molecule is COc1cc(NC2CCN(S(=O)(=O)c3cn(C)c(C(C)C)n3)CC2)ncn1. The summed E-state index contributed by atoms with van der Waals surface area (Å²) in [6, 6.07) is 1.87. The smallest absolute Gasteiger partial charge is 0.262 e. The van der Waals surface area contributed by atoms with E-state index < -0.39 is 10.0 Å². The molecule has 0 spiro atoms. The Bertz CT molecular complexity index is 888. The van der Waals surface area contributed by atoms with Crippen LogP contribution in [0.3, 0.4) is 0 Å². The Morgan fingerprint density at radius 2 is 1.96 bits per heavy atom. The fourth-order valence-corrected chi connectivity index (χ4v) is 4.68. The van der Waals surface area contributed by atoms with Crippen LogP contribution in [0.1, 0.15) is 38.4 Å². The van der Waals surface area contributed by atoms with Crippen molar-refractivity contribution in [3.63, 3.8) is 0 Å². The summed E-state index contributed by atoms with van der Waals surface area (Å²) < 4.78 is 34.2. The highest BCUT2D eigenvalue weighted by Crippen LogP contribution is 2.24. The average Bonchev–Trinajstić information content (AvgIpc) is 3.05. The Morgan fingerprint density at radius 3 is 2.56 bits per heavy atom. The molecule has 0 saturated carbocycles. The Labute approximate surface area is 159 Å². The second-order valence-corrected chi connectivity index (χ2v) is 8.86. The summed E-state index contributed by atoms with van der Waals surface area (Å²) in [6.07, 6.45) is 4.42. The van der Waals surface area contributed by atoms with Crippen LogP contribution in [0, 0.1) is 0 Å². The Kier molecular flexibility index (Phi) is 5.66. The van der Waals surface area contributed by atoms with Gasteiger partial charge in [-0.3, -0.25) is 0 Å². The first-order valence-corrected chi connectivity index (χ1v) is 10.4. The van der Waals surface area contributed by atoms with Gasteiger partial charge in [-0.2, -0.15) is 4.31 Å². The zero-order valence-electron chi connectivity index (χ0n) is 16.1. The molecule has 3 rings (SSSR count). The van der Waals surface area contributed by atoms with Gasteiger partial charge < -0.3 is 14.6 Å². The molecule has 3 heterocycles. The van der Waals surface area contributed by atoms with Crippen molar-refractivity contribution in [2.24, 2.45) is 7.05 Å². The number of piperidine rings is 1. The highest BCUT2D eigenvalue weighted by Gasteiger charge is 2.32. The summed E-state index contributed by atoms with van der Waals surface area (Å²) in [5, 5.41) is 3.45. The Balaban J connectivity index is 1.65. The van der Waals surface area contributed by atoms with E-state index in [-0.39, 0.29) is 17.0 Å². The van der Waals surface area contributed by atoms with E-state index in [0.717, 1.165) is 5.82 Å². The first-order valence-electron chi connectivity index (χ1n) is 8.97. The van der Waals surface area contributed by atoms with Crippen molar-refractivity contribution >= 4 is 15.8 Å². The minimum Gasteiger partial charge on any atom is -0.481 e. The molecule has 2 aromatic heterocycles. The van der Waals surface area contributed by atoms with Crippen molar-refractivity contribution < 1.29 is 13.2 Å². The maximum absolute atomic E-state index is 12.9. The minimum absolute atomic E-state index is 0.126. The lowest BCUT2D eigenvalue weighted by atomic mass is 10.1. The molecule has 0 amide bonds. The van der Waals surface area contributed by atoms with Crippen LogP contribution < -0.4 is 10.1 Å². The highest BCUT2D eigenvalue weighted by molar-refractivity contribution is 7.89. The number of nitrogens with zero attached hydrogens (tertiary/aromatic N) is 5. The summed E-state index contributed by atoms with van der Waals surface area (Å²) in [6.45, 7) is 4.88. The zero-order chi connectivity index (χ0) is 19.6. The number of rotatable bonds is 6. The molecule has 0 unspecified atom stereocenters. The monoisotopic (exact) mass is 394 g/mol. The van der Waals surface area contributed by atoms with Gasteiger partial charge in [0.1, 0.15) is 18.0 Å². The molecular weight excluding hydrogens is 368 g/mol. The number of aryl methyl sites for hydroxylation is 1. The molecular formula is C17H26N6O3S. The van der Waals surface area contributed by atoms with Crippen molar-refractivity contribution in [2.75, 3.05) is 25.5 Å². The van der Waals surface area contributed by atoms with E-state index in [4.69, 9.17) is 4.74 Å². The number of nitrogens with one attached hydrogen (secondary N) is 1. The van der Waals surface area contributed by atoms with E-state index in [1.807, 2.05) is 20.9 Å². The van der Waals surface area contributed by atoms with Crippen LogP contribution in [0.2, 0.25) is 0 Å². The molecule has 1 aliphatic heterocycles. The molecule has 1 N–H and O–H groups in total. The Morgan fingerprint density at radius 1 is 1.26 bits per heavy atom. The van der Waals surface area contributed by atoms with Gasteiger partial charge in [0.05, 0.1) is 7.11 Å². The highest BCUT2D eigenvalue weighted by atomic mass is 32.2. The molecule has 9 nitrogen and oxygen atoms in total. The topological polar surface area (TPSA) is 102 Å². The fourth-order valence-electron chi connectivity index (χ4n) is 3.23. The number of imidazole rings is 1. The third kappa shape index (κ3) is 4.22. The maximum atomic E-state index is 12.9. The summed E-state index contributed by atoms with van der Waals surface area (Å²) in [5.41, 5.74) is 0. The summed E-state index contributed by atoms with van der Waals surface area (Å²) in [5.74, 6) is 2.10. The molecule has 0 radical (unpaired) electrons. The third-order valence-corrected chi connectivity index (χ3v) is 6.44. The average molecular weight is 395 g/mol. The molecule has 1 saturated heterocycles. The van der Waals surface area contributed by atoms with E-state index >= 15 is 0 Å². The number of anilines is 1. The molecule has 148 valence electrons. The van der Waals surface area contributed by atoms with Crippen molar-refractivity contribution in [3.8, 4) is 5.88 Å². The van der Waals surface area contributed by atoms with Gasteiger partial charge in [0.25, 0.3) is 10.0 Å². The van der Waals surface area contributed by atoms with Crippen LogP contribution >= 0.6 is 0 Å². The zero-order valence-corrected chi connectivity index (χ0v) is 16.9. The standard InChI is InChI=1S/C17H26N6O3S/c1-12(2)17-21-16(10-22(17)3)27(24,25)23-7-5-13(6-8-23)20-14-9-15(26-4)19-11-18-14/h9-13H,5-8H2,1-4H3,(H,18,19,20). The van der Waals surface area contributed by atoms with E-state index in [1.54, 1.807) is 23.9 Å². The van der Waals surface area contributed by atoms with Crippen LogP contribution in [0.15, 0.2) is 23.6 Å². The van der Waals surface area contributed by atoms with Gasteiger partial charge in [-0.1, -0.05) is 13.8 Å². The number of hydrogen-bond acceptors (Lipinski definition) is 7. The summed E-state index contributed by atoms with van der Waals surface area (Å²) in [7, 11) is -0.196. The van der Waals surface area contributed by atoms with Crippen molar-refractivity contribution in [1.82, 2.24) is 23.8 Å². The lowest BCUT2D eigenvalue weighted by Gasteiger charge is -2.31. The second kappa shape index (κ2) is 7.81. The summed E-state index contributed by atoms with van der Waals surface area (Å²) >= 11 is 0. The summed E-state index contributed by atoms with van der Waals surface area (Å²) in [4.78, 5) is 12.5. The van der Waals surface area contributed by atoms with E-state index in [0.29, 0.717) is 37.6 Å². The second-order valence-electron chi connectivity index (χ2n) is 6.97. The predicted octanol–water partition coefficient (Wildman–Crippen LogP) is 1.61. The van der Waals surface area contributed by atoms with Crippen molar-refractivity contribution in [1.29, 1.82) is 0 Å². The number of sulfonamides is 1. The number of hydrogen-bond donors (Lipinski definition) is 1. The molecule has 2 aromatic rings. The predicted molar refractivity (Wildman–Crippen MR) is 101 cm³/mol. The van der Waals surface area contributed by atoms with Gasteiger partial charge in [0.15, 0.2) is 5.03 Å². The van der Waals surface area contributed by atoms with Crippen molar-refractivity contribution in [3.05, 3.63) is 24.4 Å². The first kappa shape index (κ1) is 19.6. The van der Waals surface area contributed by atoms with Crippen LogP contribution in [0.5, 0.6) is 5.88 Å².